The highest BCUT2D eigenvalue weighted by Gasteiger charge is 2.25. The molecule has 1 fully saturated rings. The summed E-state index contributed by atoms with van der Waals surface area (Å²) < 4.78 is 5.45. The molecule has 1 aromatic rings. The Labute approximate surface area is 103 Å². The van der Waals surface area contributed by atoms with Crippen molar-refractivity contribution in [1.29, 1.82) is 0 Å². The Balaban J connectivity index is 2.21. The van der Waals surface area contributed by atoms with Gasteiger partial charge < -0.3 is 15.8 Å². The van der Waals surface area contributed by atoms with Crippen LogP contribution < -0.4 is 15.8 Å². The summed E-state index contributed by atoms with van der Waals surface area (Å²) in [6, 6.07) is 8.26. The molecule has 1 aliphatic heterocycles. The maximum Gasteiger partial charge on any atom is 0.122 e. The SMILES string of the molecule is COc1ccccc1C(CN)C1CCNCC1. The van der Waals surface area contributed by atoms with Crippen molar-refractivity contribution >= 4 is 0 Å². The van der Waals surface area contributed by atoms with Crippen molar-refractivity contribution in [3.8, 4) is 5.75 Å². The first-order valence-electron chi connectivity index (χ1n) is 6.40. The fourth-order valence-electron chi connectivity index (χ4n) is 2.79. The van der Waals surface area contributed by atoms with Crippen LogP contribution in [0.1, 0.15) is 24.3 Å². The molecule has 1 aliphatic rings. The molecule has 1 heterocycles. The smallest absolute Gasteiger partial charge is 0.122 e. The second-order valence-electron chi connectivity index (χ2n) is 4.67. The molecule has 1 unspecified atom stereocenters. The maximum atomic E-state index is 5.98. The van der Waals surface area contributed by atoms with Crippen LogP contribution in [0.25, 0.3) is 0 Å². The molecule has 0 amide bonds. The quantitative estimate of drug-likeness (QED) is 0.834. The summed E-state index contributed by atoms with van der Waals surface area (Å²) >= 11 is 0. The number of hydrogen-bond donors (Lipinski definition) is 2. The molecule has 94 valence electrons. The van der Waals surface area contributed by atoms with Gasteiger partial charge in [-0.2, -0.15) is 0 Å². The van der Waals surface area contributed by atoms with Gasteiger partial charge in [-0.25, -0.2) is 0 Å². The van der Waals surface area contributed by atoms with E-state index in [2.05, 4.69) is 17.4 Å². The van der Waals surface area contributed by atoms with Crippen molar-refractivity contribution in [2.75, 3.05) is 26.7 Å². The number of piperidine rings is 1. The summed E-state index contributed by atoms with van der Waals surface area (Å²) in [4.78, 5) is 0. The molecule has 0 bridgehead atoms. The van der Waals surface area contributed by atoms with Gasteiger partial charge in [0.1, 0.15) is 5.75 Å². The first-order valence-corrected chi connectivity index (χ1v) is 6.40. The van der Waals surface area contributed by atoms with Crippen LogP contribution in [0, 0.1) is 5.92 Å². The van der Waals surface area contributed by atoms with Crippen molar-refractivity contribution < 1.29 is 4.74 Å². The molecule has 0 radical (unpaired) electrons. The average Bonchev–Trinajstić information content (AvgIpc) is 2.41. The van der Waals surface area contributed by atoms with E-state index in [1.807, 2.05) is 12.1 Å². The molecule has 1 saturated heterocycles. The highest BCUT2D eigenvalue weighted by atomic mass is 16.5. The number of para-hydroxylation sites is 1. The Bertz CT molecular complexity index is 348. The highest BCUT2D eigenvalue weighted by molar-refractivity contribution is 5.37. The van der Waals surface area contributed by atoms with Crippen molar-refractivity contribution in [2.45, 2.75) is 18.8 Å². The van der Waals surface area contributed by atoms with Gasteiger partial charge in [0.2, 0.25) is 0 Å². The van der Waals surface area contributed by atoms with Gasteiger partial charge >= 0.3 is 0 Å². The lowest BCUT2D eigenvalue weighted by atomic mass is 9.80. The number of benzene rings is 1. The van der Waals surface area contributed by atoms with E-state index in [-0.39, 0.29) is 0 Å². The molecular weight excluding hydrogens is 212 g/mol. The predicted octanol–water partition coefficient (Wildman–Crippen LogP) is 1.74. The van der Waals surface area contributed by atoms with E-state index in [9.17, 15) is 0 Å². The van der Waals surface area contributed by atoms with Crippen molar-refractivity contribution in [3.63, 3.8) is 0 Å². The fourth-order valence-corrected chi connectivity index (χ4v) is 2.79. The second-order valence-corrected chi connectivity index (χ2v) is 4.67. The zero-order valence-electron chi connectivity index (χ0n) is 10.5. The summed E-state index contributed by atoms with van der Waals surface area (Å²) in [7, 11) is 1.73. The van der Waals surface area contributed by atoms with Gasteiger partial charge in [-0.1, -0.05) is 18.2 Å². The number of hydrogen-bond acceptors (Lipinski definition) is 3. The first kappa shape index (κ1) is 12.4. The Kier molecular flexibility index (Phi) is 4.40. The summed E-state index contributed by atoms with van der Waals surface area (Å²) in [5.41, 5.74) is 7.25. The number of nitrogens with one attached hydrogen (secondary N) is 1. The minimum absolute atomic E-state index is 0.424. The van der Waals surface area contributed by atoms with Crippen molar-refractivity contribution in [3.05, 3.63) is 29.8 Å². The lowest BCUT2D eigenvalue weighted by Gasteiger charge is -2.31. The van der Waals surface area contributed by atoms with Crippen LogP contribution in [0.5, 0.6) is 5.75 Å². The number of methoxy groups -OCH3 is 1. The largest absolute Gasteiger partial charge is 0.496 e. The van der Waals surface area contributed by atoms with Crippen LogP contribution >= 0.6 is 0 Å². The topological polar surface area (TPSA) is 47.3 Å². The molecule has 0 aromatic heterocycles. The summed E-state index contributed by atoms with van der Waals surface area (Å²) in [5, 5.41) is 3.40. The third-order valence-electron chi connectivity index (χ3n) is 3.75. The third-order valence-corrected chi connectivity index (χ3v) is 3.75. The van der Waals surface area contributed by atoms with Crippen LogP contribution in [0.3, 0.4) is 0 Å². The molecule has 3 nitrogen and oxygen atoms in total. The third kappa shape index (κ3) is 2.79. The molecule has 1 atom stereocenters. The molecule has 0 aliphatic carbocycles. The zero-order chi connectivity index (χ0) is 12.1. The van der Waals surface area contributed by atoms with Gasteiger partial charge in [-0.3, -0.25) is 0 Å². The van der Waals surface area contributed by atoms with Gasteiger partial charge in [-0.15, -0.1) is 0 Å². The molecule has 3 N–H and O–H groups in total. The lowest BCUT2D eigenvalue weighted by molar-refractivity contribution is 0.312. The van der Waals surface area contributed by atoms with E-state index in [1.165, 1.54) is 18.4 Å². The van der Waals surface area contributed by atoms with Gasteiger partial charge in [0.25, 0.3) is 0 Å². The zero-order valence-corrected chi connectivity index (χ0v) is 10.5. The second kappa shape index (κ2) is 6.03. The number of nitrogens with two attached hydrogens (primary N) is 1. The summed E-state index contributed by atoms with van der Waals surface area (Å²) in [6.45, 7) is 2.91. The van der Waals surface area contributed by atoms with E-state index in [0.29, 0.717) is 18.4 Å². The lowest BCUT2D eigenvalue weighted by Crippen LogP contribution is -2.33. The van der Waals surface area contributed by atoms with E-state index in [0.717, 1.165) is 18.8 Å². The average molecular weight is 234 g/mol. The molecule has 17 heavy (non-hydrogen) atoms. The summed E-state index contributed by atoms with van der Waals surface area (Å²) in [6.07, 6.45) is 2.42. The van der Waals surface area contributed by atoms with E-state index >= 15 is 0 Å². The Hall–Kier alpha value is -1.06. The Morgan fingerprint density at radius 3 is 2.71 bits per heavy atom. The molecule has 3 heteroatoms. The monoisotopic (exact) mass is 234 g/mol. The highest BCUT2D eigenvalue weighted by Crippen LogP contribution is 2.35. The van der Waals surface area contributed by atoms with Crippen LogP contribution in [-0.2, 0) is 0 Å². The van der Waals surface area contributed by atoms with Crippen LogP contribution in [0.4, 0.5) is 0 Å². The molecule has 0 saturated carbocycles. The van der Waals surface area contributed by atoms with Crippen molar-refractivity contribution in [2.24, 2.45) is 11.7 Å². The van der Waals surface area contributed by atoms with Crippen LogP contribution in [-0.4, -0.2) is 26.7 Å². The van der Waals surface area contributed by atoms with E-state index < -0.39 is 0 Å². The minimum atomic E-state index is 0.424. The predicted molar refractivity (Wildman–Crippen MR) is 70.4 cm³/mol. The Morgan fingerprint density at radius 1 is 1.35 bits per heavy atom. The van der Waals surface area contributed by atoms with Gasteiger partial charge in [0.05, 0.1) is 7.11 Å². The molecule has 1 aromatic carbocycles. The van der Waals surface area contributed by atoms with Gasteiger partial charge in [0.15, 0.2) is 0 Å². The maximum absolute atomic E-state index is 5.98. The molecule has 2 rings (SSSR count). The fraction of sp³-hybridized carbons (Fsp3) is 0.571. The van der Waals surface area contributed by atoms with E-state index in [1.54, 1.807) is 7.11 Å². The Morgan fingerprint density at radius 2 is 2.06 bits per heavy atom. The van der Waals surface area contributed by atoms with Crippen LogP contribution in [0.2, 0.25) is 0 Å². The minimum Gasteiger partial charge on any atom is -0.496 e. The summed E-state index contributed by atoms with van der Waals surface area (Å²) in [5.74, 6) is 2.08. The standard InChI is InChI=1S/C14H22N2O/c1-17-14-5-3-2-4-12(14)13(10-15)11-6-8-16-9-7-11/h2-5,11,13,16H,6-10,15H2,1H3. The first-order chi connectivity index (χ1) is 8.36. The van der Waals surface area contributed by atoms with Crippen LogP contribution in [0.15, 0.2) is 24.3 Å². The molecular formula is C14H22N2O. The van der Waals surface area contributed by atoms with Gasteiger partial charge in [-0.05, 0) is 50.0 Å². The van der Waals surface area contributed by atoms with Crippen molar-refractivity contribution in [1.82, 2.24) is 5.32 Å². The molecule has 0 spiro atoms. The normalized spacial score (nSPS) is 18.9. The van der Waals surface area contributed by atoms with E-state index in [4.69, 9.17) is 10.5 Å². The van der Waals surface area contributed by atoms with Gasteiger partial charge in [0, 0.05) is 5.92 Å². The number of ether oxygens (including phenoxy) is 1. The number of rotatable bonds is 4.